The molecule has 0 atom stereocenters. The Balaban J connectivity index is 2.39. The van der Waals surface area contributed by atoms with Crippen molar-refractivity contribution in [3.8, 4) is 5.75 Å². The van der Waals surface area contributed by atoms with Gasteiger partial charge in [0.2, 0.25) is 5.95 Å². The molecule has 2 aromatic rings. The molecule has 1 aromatic carbocycles. The molecule has 2 rings (SSSR count). The first kappa shape index (κ1) is 15.2. The van der Waals surface area contributed by atoms with Crippen molar-refractivity contribution in [1.29, 1.82) is 0 Å². The summed E-state index contributed by atoms with van der Waals surface area (Å²) < 4.78 is 32.3. The minimum atomic E-state index is -3.72. The van der Waals surface area contributed by atoms with Gasteiger partial charge in [-0.05, 0) is 35.7 Å². The number of sulfonamides is 1. The van der Waals surface area contributed by atoms with Crippen molar-refractivity contribution in [3.63, 3.8) is 0 Å². The molecule has 0 aliphatic rings. The van der Waals surface area contributed by atoms with Crippen LogP contribution in [0.1, 0.15) is 25.3 Å². The molecule has 0 saturated carbocycles. The number of ether oxygens (including phenoxy) is 1. The second kappa shape index (κ2) is 6.09. The Labute approximate surface area is 124 Å². The highest BCUT2D eigenvalue weighted by Gasteiger charge is 2.18. The fourth-order valence-corrected chi connectivity index (χ4v) is 2.85. The molecule has 21 heavy (non-hydrogen) atoms. The van der Waals surface area contributed by atoms with Crippen molar-refractivity contribution in [2.45, 2.75) is 24.7 Å². The van der Waals surface area contributed by atoms with Crippen LogP contribution in [-0.2, 0) is 10.0 Å². The summed E-state index contributed by atoms with van der Waals surface area (Å²) in [6.45, 7) is 3.95. The fourth-order valence-electron chi connectivity index (χ4n) is 1.86. The molecule has 0 amide bonds. The van der Waals surface area contributed by atoms with Gasteiger partial charge < -0.3 is 4.74 Å². The number of hydrogen-bond acceptors (Lipinski definition) is 5. The van der Waals surface area contributed by atoms with Crippen LogP contribution in [-0.4, -0.2) is 25.5 Å². The molecule has 112 valence electrons. The Kier molecular flexibility index (Phi) is 4.42. The number of methoxy groups -OCH3 is 1. The van der Waals surface area contributed by atoms with E-state index >= 15 is 0 Å². The number of anilines is 1. The van der Waals surface area contributed by atoms with Crippen LogP contribution < -0.4 is 9.46 Å². The van der Waals surface area contributed by atoms with Crippen LogP contribution in [0.15, 0.2) is 41.6 Å². The highest BCUT2D eigenvalue weighted by atomic mass is 32.2. The monoisotopic (exact) mass is 307 g/mol. The van der Waals surface area contributed by atoms with E-state index in [-0.39, 0.29) is 16.8 Å². The normalized spacial score (nSPS) is 11.4. The quantitative estimate of drug-likeness (QED) is 0.917. The lowest BCUT2D eigenvalue weighted by Gasteiger charge is -2.14. The molecule has 1 N–H and O–H groups in total. The molecule has 0 fully saturated rings. The maximum Gasteiger partial charge on any atom is 0.264 e. The van der Waals surface area contributed by atoms with Gasteiger partial charge in [-0.3, -0.25) is 0 Å². The molecule has 7 heteroatoms. The Morgan fingerprint density at radius 3 is 2.43 bits per heavy atom. The molecule has 0 aliphatic carbocycles. The summed E-state index contributed by atoms with van der Waals surface area (Å²) >= 11 is 0. The largest absolute Gasteiger partial charge is 0.496 e. The zero-order chi connectivity index (χ0) is 15.5. The number of hydrogen-bond donors (Lipinski definition) is 1. The van der Waals surface area contributed by atoms with Crippen LogP contribution in [0.2, 0.25) is 0 Å². The van der Waals surface area contributed by atoms with Crippen LogP contribution >= 0.6 is 0 Å². The Morgan fingerprint density at radius 2 is 1.86 bits per heavy atom. The average Bonchev–Trinajstić information content (AvgIpc) is 2.47. The third-order valence-electron chi connectivity index (χ3n) is 2.92. The number of nitrogens with one attached hydrogen (secondary N) is 1. The van der Waals surface area contributed by atoms with E-state index in [1.165, 1.54) is 18.5 Å². The zero-order valence-electron chi connectivity index (χ0n) is 12.1. The lowest BCUT2D eigenvalue weighted by atomic mass is 10.0. The van der Waals surface area contributed by atoms with Crippen LogP contribution in [0.3, 0.4) is 0 Å². The summed E-state index contributed by atoms with van der Waals surface area (Å²) in [5.74, 6) is 0.849. The van der Waals surface area contributed by atoms with Gasteiger partial charge in [0, 0.05) is 12.4 Å². The highest BCUT2D eigenvalue weighted by molar-refractivity contribution is 7.92. The molecule has 0 spiro atoms. The van der Waals surface area contributed by atoms with Crippen molar-refractivity contribution in [1.82, 2.24) is 9.97 Å². The standard InChI is InChI=1S/C14H17N3O3S/c1-10(2)12-9-11(5-6-13(12)20-3)21(18,19)17-14-15-7-4-8-16-14/h4-10H,1-3H3,(H,15,16,17). The maximum absolute atomic E-state index is 12.3. The second-order valence-electron chi connectivity index (χ2n) is 4.74. The summed E-state index contributed by atoms with van der Waals surface area (Å²) in [5.41, 5.74) is 0.828. The summed E-state index contributed by atoms with van der Waals surface area (Å²) in [6.07, 6.45) is 2.94. The van der Waals surface area contributed by atoms with E-state index in [0.29, 0.717) is 5.75 Å². The Bertz CT molecular complexity index is 715. The molecule has 1 aromatic heterocycles. The maximum atomic E-state index is 12.3. The number of benzene rings is 1. The summed E-state index contributed by atoms with van der Waals surface area (Å²) in [5, 5.41) is 0. The minimum Gasteiger partial charge on any atom is -0.496 e. The van der Waals surface area contributed by atoms with Crippen molar-refractivity contribution in [2.24, 2.45) is 0 Å². The van der Waals surface area contributed by atoms with Gasteiger partial charge in [0.25, 0.3) is 10.0 Å². The lowest BCUT2D eigenvalue weighted by molar-refractivity contribution is 0.407. The van der Waals surface area contributed by atoms with E-state index in [9.17, 15) is 8.42 Å². The molecule has 1 heterocycles. The predicted molar refractivity (Wildman–Crippen MR) is 79.9 cm³/mol. The van der Waals surface area contributed by atoms with Crippen LogP contribution in [0.5, 0.6) is 5.75 Å². The lowest BCUT2D eigenvalue weighted by Crippen LogP contribution is -2.15. The first-order valence-electron chi connectivity index (χ1n) is 6.42. The smallest absolute Gasteiger partial charge is 0.264 e. The summed E-state index contributed by atoms with van der Waals surface area (Å²) in [4.78, 5) is 7.86. The topological polar surface area (TPSA) is 81.2 Å². The number of aromatic nitrogens is 2. The first-order valence-corrected chi connectivity index (χ1v) is 7.90. The second-order valence-corrected chi connectivity index (χ2v) is 6.42. The molecular weight excluding hydrogens is 290 g/mol. The van der Waals surface area contributed by atoms with E-state index in [1.807, 2.05) is 13.8 Å². The summed E-state index contributed by atoms with van der Waals surface area (Å²) in [6, 6.07) is 6.36. The average molecular weight is 307 g/mol. The van der Waals surface area contributed by atoms with E-state index < -0.39 is 10.0 Å². The highest BCUT2D eigenvalue weighted by Crippen LogP contribution is 2.29. The SMILES string of the molecule is COc1ccc(S(=O)(=O)Nc2ncccn2)cc1C(C)C. The molecule has 6 nitrogen and oxygen atoms in total. The van der Waals surface area contributed by atoms with E-state index in [4.69, 9.17) is 4.74 Å². The van der Waals surface area contributed by atoms with Crippen LogP contribution in [0.25, 0.3) is 0 Å². The van der Waals surface area contributed by atoms with Gasteiger partial charge in [0.15, 0.2) is 0 Å². The third-order valence-corrected chi connectivity index (χ3v) is 4.25. The van der Waals surface area contributed by atoms with Crippen LogP contribution in [0.4, 0.5) is 5.95 Å². The van der Waals surface area contributed by atoms with Gasteiger partial charge in [0.05, 0.1) is 12.0 Å². The van der Waals surface area contributed by atoms with Gasteiger partial charge >= 0.3 is 0 Å². The Morgan fingerprint density at radius 1 is 1.19 bits per heavy atom. The number of nitrogens with zero attached hydrogens (tertiary/aromatic N) is 2. The van der Waals surface area contributed by atoms with Crippen molar-refractivity contribution < 1.29 is 13.2 Å². The van der Waals surface area contributed by atoms with E-state index in [1.54, 1.807) is 25.3 Å². The minimum absolute atomic E-state index is 0.0411. The van der Waals surface area contributed by atoms with Crippen LogP contribution in [0, 0.1) is 0 Å². The molecular formula is C14H17N3O3S. The van der Waals surface area contributed by atoms with Gasteiger partial charge in [-0.25, -0.2) is 23.1 Å². The summed E-state index contributed by atoms with van der Waals surface area (Å²) in [7, 11) is -2.16. The molecule has 0 saturated heterocycles. The molecule has 0 aliphatic heterocycles. The molecule has 0 unspecified atom stereocenters. The molecule has 0 bridgehead atoms. The third kappa shape index (κ3) is 3.49. The van der Waals surface area contributed by atoms with E-state index in [0.717, 1.165) is 5.56 Å². The number of rotatable bonds is 5. The van der Waals surface area contributed by atoms with Crippen molar-refractivity contribution in [3.05, 3.63) is 42.2 Å². The van der Waals surface area contributed by atoms with Gasteiger partial charge in [-0.1, -0.05) is 13.8 Å². The van der Waals surface area contributed by atoms with Crippen molar-refractivity contribution >= 4 is 16.0 Å². The Hall–Kier alpha value is -2.15. The van der Waals surface area contributed by atoms with E-state index in [2.05, 4.69) is 14.7 Å². The van der Waals surface area contributed by atoms with Gasteiger partial charge in [-0.15, -0.1) is 0 Å². The predicted octanol–water partition coefficient (Wildman–Crippen LogP) is 2.41. The fraction of sp³-hybridized carbons (Fsp3) is 0.286. The van der Waals surface area contributed by atoms with Gasteiger partial charge in [-0.2, -0.15) is 0 Å². The molecule has 0 radical (unpaired) electrons. The van der Waals surface area contributed by atoms with Crippen molar-refractivity contribution in [2.75, 3.05) is 11.8 Å². The first-order chi connectivity index (χ1) is 9.94. The van der Waals surface area contributed by atoms with Gasteiger partial charge in [0.1, 0.15) is 5.75 Å². The zero-order valence-corrected chi connectivity index (χ0v) is 12.9.